The molecule has 20 heavy (non-hydrogen) atoms. The summed E-state index contributed by atoms with van der Waals surface area (Å²) in [5.41, 5.74) is 7.11. The van der Waals surface area contributed by atoms with Gasteiger partial charge in [-0.15, -0.1) is 0 Å². The number of nitrogens with zero attached hydrogens (tertiary/aromatic N) is 3. The molecule has 0 atom stereocenters. The lowest BCUT2D eigenvalue weighted by atomic mass is 10.1. The number of hydrogen-bond donors (Lipinski definition) is 2. The van der Waals surface area contributed by atoms with E-state index in [4.69, 9.17) is 21.5 Å². The van der Waals surface area contributed by atoms with Crippen molar-refractivity contribution in [3.8, 4) is 18.2 Å². The van der Waals surface area contributed by atoms with Crippen molar-refractivity contribution >= 4 is 17.0 Å². The van der Waals surface area contributed by atoms with Crippen molar-refractivity contribution < 1.29 is 0 Å². The number of aromatic nitrogens is 1. The van der Waals surface area contributed by atoms with E-state index in [2.05, 4.69) is 4.98 Å². The maximum atomic E-state index is 9.15. The Balaban J connectivity index is 2.60. The van der Waals surface area contributed by atoms with Gasteiger partial charge in [-0.25, -0.2) is 0 Å². The van der Waals surface area contributed by atoms with Gasteiger partial charge in [-0.1, -0.05) is 18.2 Å². The predicted octanol–water partition coefficient (Wildman–Crippen LogP) is 2.33. The number of nitrogens with one attached hydrogen (secondary N) is 1. The molecule has 2 aromatic rings. The van der Waals surface area contributed by atoms with Crippen LogP contribution in [0.2, 0.25) is 0 Å². The molecule has 0 saturated carbocycles. The van der Waals surface area contributed by atoms with Gasteiger partial charge in [0.1, 0.15) is 18.2 Å². The molecule has 1 aromatic heterocycles. The van der Waals surface area contributed by atoms with Gasteiger partial charge in [0.25, 0.3) is 0 Å². The molecule has 0 radical (unpaired) electrons. The van der Waals surface area contributed by atoms with Crippen LogP contribution in [0.1, 0.15) is 5.56 Å². The molecule has 1 aromatic carbocycles. The average molecular weight is 259 g/mol. The summed E-state index contributed by atoms with van der Waals surface area (Å²) in [6.07, 6.45) is 3.30. The fourth-order valence-corrected chi connectivity index (χ4v) is 1.82. The predicted molar refractivity (Wildman–Crippen MR) is 74.3 cm³/mol. The van der Waals surface area contributed by atoms with Gasteiger partial charge >= 0.3 is 0 Å². The van der Waals surface area contributed by atoms with E-state index in [0.717, 1.165) is 16.5 Å². The molecule has 0 fully saturated rings. The van der Waals surface area contributed by atoms with E-state index in [9.17, 15) is 0 Å². The van der Waals surface area contributed by atoms with Crippen LogP contribution in [0, 0.1) is 34.0 Å². The van der Waals surface area contributed by atoms with E-state index < -0.39 is 0 Å². The summed E-state index contributed by atoms with van der Waals surface area (Å²) >= 11 is 0. The van der Waals surface area contributed by atoms with E-state index in [1.807, 2.05) is 30.3 Å². The number of nitrogens with two attached hydrogens (primary N) is 1. The zero-order chi connectivity index (χ0) is 14.5. The maximum absolute atomic E-state index is 9.15. The summed E-state index contributed by atoms with van der Waals surface area (Å²) < 4.78 is 0. The highest BCUT2D eigenvalue weighted by Crippen LogP contribution is 2.21. The highest BCUT2D eigenvalue weighted by atomic mass is 14.7. The van der Waals surface area contributed by atoms with Gasteiger partial charge in [-0.2, -0.15) is 15.8 Å². The maximum Gasteiger partial charge on any atom is 0.153 e. The minimum atomic E-state index is -0.266. The number of nitriles is 3. The van der Waals surface area contributed by atoms with Gasteiger partial charge in [0.15, 0.2) is 5.57 Å². The zero-order valence-electron chi connectivity index (χ0n) is 10.4. The number of para-hydroxylation sites is 1. The van der Waals surface area contributed by atoms with Gasteiger partial charge in [0.2, 0.25) is 0 Å². The molecule has 3 N–H and O–H groups in total. The number of rotatable bonds is 2. The minimum absolute atomic E-state index is 0.0906. The number of fused-ring (bicyclic) bond motifs is 1. The Morgan fingerprint density at radius 1 is 1.10 bits per heavy atom. The Hall–Kier alpha value is -3.49. The topological polar surface area (TPSA) is 113 Å². The monoisotopic (exact) mass is 259 g/mol. The quantitative estimate of drug-likeness (QED) is 0.636. The van der Waals surface area contributed by atoms with Crippen molar-refractivity contribution in [1.82, 2.24) is 4.98 Å². The Bertz CT molecular complexity index is 831. The highest BCUT2D eigenvalue weighted by Gasteiger charge is 2.09. The van der Waals surface area contributed by atoms with E-state index in [1.165, 1.54) is 0 Å². The zero-order valence-corrected chi connectivity index (χ0v) is 10.4. The first-order chi connectivity index (χ1) is 9.71. The molecule has 0 aliphatic carbocycles. The first-order valence-electron chi connectivity index (χ1n) is 5.69. The van der Waals surface area contributed by atoms with Crippen LogP contribution in [0.4, 0.5) is 0 Å². The van der Waals surface area contributed by atoms with Gasteiger partial charge < -0.3 is 10.7 Å². The van der Waals surface area contributed by atoms with Gasteiger partial charge in [-0.3, -0.25) is 0 Å². The lowest BCUT2D eigenvalue weighted by molar-refractivity contribution is 1.31. The Kier molecular flexibility index (Phi) is 3.52. The summed E-state index contributed by atoms with van der Waals surface area (Å²) in [5.74, 6) is 0. The molecule has 0 amide bonds. The molecule has 0 unspecified atom stereocenters. The first-order valence-corrected chi connectivity index (χ1v) is 5.69. The molecule has 5 heteroatoms. The third-order valence-corrected chi connectivity index (χ3v) is 2.82. The van der Waals surface area contributed by atoms with E-state index in [0.29, 0.717) is 0 Å². The van der Waals surface area contributed by atoms with Gasteiger partial charge in [0, 0.05) is 22.7 Å². The largest absolute Gasteiger partial charge is 0.396 e. The lowest BCUT2D eigenvalue weighted by Gasteiger charge is -1.98. The molecule has 5 nitrogen and oxygen atoms in total. The second-order valence-corrected chi connectivity index (χ2v) is 3.97. The summed E-state index contributed by atoms with van der Waals surface area (Å²) in [5, 5.41) is 27.7. The molecule has 1 heterocycles. The molecular formula is C15H9N5. The number of benzene rings is 1. The SMILES string of the molecule is N#CC(=Cc1c[nH]c2ccccc12)C(N)=C(C#N)C#N. The molecule has 0 bridgehead atoms. The van der Waals surface area contributed by atoms with Crippen LogP contribution in [0.3, 0.4) is 0 Å². The fourth-order valence-electron chi connectivity index (χ4n) is 1.82. The van der Waals surface area contributed by atoms with E-state index in [1.54, 1.807) is 24.4 Å². The third kappa shape index (κ3) is 2.22. The molecule has 0 aliphatic rings. The highest BCUT2D eigenvalue weighted by molar-refractivity contribution is 5.90. The fraction of sp³-hybridized carbons (Fsp3) is 0. The number of H-pyrrole nitrogens is 1. The summed E-state index contributed by atoms with van der Waals surface area (Å²) in [4.78, 5) is 3.07. The summed E-state index contributed by atoms with van der Waals surface area (Å²) in [7, 11) is 0. The second-order valence-electron chi connectivity index (χ2n) is 3.97. The van der Waals surface area contributed by atoms with Crippen LogP contribution in [0.25, 0.3) is 17.0 Å². The Morgan fingerprint density at radius 3 is 2.45 bits per heavy atom. The average Bonchev–Trinajstić information content (AvgIpc) is 2.89. The van der Waals surface area contributed by atoms with Crippen LogP contribution in [0.15, 0.2) is 47.3 Å². The second kappa shape index (κ2) is 5.44. The van der Waals surface area contributed by atoms with E-state index in [-0.39, 0.29) is 16.8 Å². The molecule has 0 saturated heterocycles. The van der Waals surface area contributed by atoms with E-state index >= 15 is 0 Å². The first kappa shape index (κ1) is 13.0. The minimum Gasteiger partial charge on any atom is -0.396 e. The van der Waals surface area contributed by atoms with Crippen LogP contribution in [0.5, 0.6) is 0 Å². The van der Waals surface area contributed by atoms with Gasteiger partial charge in [0.05, 0.1) is 11.3 Å². The van der Waals surface area contributed by atoms with Crippen molar-refractivity contribution in [3.05, 3.63) is 52.9 Å². The van der Waals surface area contributed by atoms with Crippen molar-refractivity contribution in [2.45, 2.75) is 0 Å². The molecule has 94 valence electrons. The Morgan fingerprint density at radius 2 is 1.80 bits per heavy atom. The van der Waals surface area contributed by atoms with Crippen molar-refractivity contribution in [2.24, 2.45) is 5.73 Å². The number of allylic oxidation sites excluding steroid dienone is 2. The lowest BCUT2D eigenvalue weighted by Crippen LogP contribution is -2.03. The summed E-state index contributed by atoms with van der Waals surface area (Å²) in [6, 6.07) is 12.9. The van der Waals surface area contributed by atoms with Crippen LogP contribution >= 0.6 is 0 Å². The van der Waals surface area contributed by atoms with Crippen molar-refractivity contribution in [1.29, 1.82) is 15.8 Å². The number of hydrogen-bond acceptors (Lipinski definition) is 4. The van der Waals surface area contributed by atoms with Crippen molar-refractivity contribution in [2.75, 3.05) is 0 Å². The van der Waals surface area contributed by atoms with Gasteiger partial charge in [-0.05, 0) is 12.1 Å². The van der Waals surface area contributed by atoms with Crippen LogP contribution in [-0.4, -0.2) is 4.98 Å². The number of aromatic amines is 1. The Labute approximate surface area is 115 Å². The normalized spacial score (nSPS) is 10.3. The van der Waals surface area contributed by atoms with Crippen LogP contribution in [-0.2, 0) is 0 Å². The third-order valence-electron chi connectivity index (χ3n) is 2.82. The molecule has 2 rings (SSSR count). The molecule has 0 spiro atoms. The van der Waals surface area contributed by atoms with Crippen LogP contribution < -0.4 is 5.73 Å². The smallest absolute Gasteiger partial charge is 0.153 e. The standard InChI is InChI=1S/C15H9N5/c16-6-10(15(19)12(7-17)8-18)5-11-9-20-14-4-2-1-3-13(11)14/h1-5,9,20H,19H2. The van der Waals surface area contributed by atoms with Crippen molar-refractivity contribution in [3.63, 3.8) is 0 Å². The summed E-state index contributed by atoms with van der Waals surface area (Å²) in [6.45, 7) is 0. The molecular weight excluding hydrogens is 250 g/mol. The molecule has 0 aliphatic heterocycles.